The molecule has 1 nitrogen and oxygen atoms in total. The molecule has 0 aliphatic heterocycles. The van der Waals surface area contributed by atoms with Gasteiger partial charge in [-0.25, -0.2) is 0 Å². The van der Waals surface area contributed by atoms with Gasteiger partial charge in [-0.15, -0.1) is 11.3 Å². The molecule has 1 heterocycles. The third kappa shape index (κ3) is 3.29. The maximum absolute atomic E-state index is 9.79. The van der Waals surface area contributed by atoms with Crippen molar-refractivity contribution in [1.82, 2.24) is 0 Å². The summed E-state index contributed by atoms with van der Waals surface area (Å²) >= 11 is 7.25. The molecule has 1 rings (SSSR count). The Morgan fingerprint density at radius 2 is 2.23 bits per heavy atom. The monoisotopic (exact) mass is 218 g/mol. The Hall–Kier alpha value is -0.0500. The molecule has 0 bridgehead atoms. The van der Waals surface area contributed by atoms with E-state index in [2.05, 4.69) is 13.8 Å². The topological polar surface area (TPSA) is 20.2 Å². The van der Waals surface area contributed by atoms with Crippen LogP contribution in [0.4, 0.5) is 0 Å². The van der Waals surface area contributed by atoms with Crippen molar-refractivity contribution in [2.45, 2.75) is 32.8 Å². The van der Waals surface area contributed by atoms with E-state index < -0.39 is 0 Å². The molecule has 0 aliphatic rings. The van der Waals surface area contributed by atoms with Crippen LogP contribution in [0, 0.1) is 5.92 Å². The predicted octanol–water partition coefficient (Wildman–Crippen LogP) is 3.87. The second-order valence-electron chi connectivity index (χ2n) is 3.41. The van der Waals surface area contributed by atoms with E-state index >= 15 is 0 Å². The highest BCUT2D eigenvalue weighted by atomic mass is 35.5. The summed E-state index contributed by atoms with van der Waals surface area (Å²) in [6.45, 7) is 4.29. The molecule has 0 aromatic carbocycles. The molecule has 0 radical (unpaired) electrons. The van der Waals surface area contributed by atoms with Crippen LogP contribution in [0.1, 0.15) is 37.7 Å². The standard InChI is InChI=1S/C10H15ClOS/c1-3-7(2)6-8(12)9-4-5-10(11)13-9/h4-5,7-8,12H,3,6H2,1-2H3. The molecule has 0 amide bonds. The van der Waals surface area contributed by atoms with Gasteiger partial charge in [0.25, 0.3) is 0 Å². The number of aliphatic hydroxyl groups excluding tert-OH is 1. The Balaban J connectivity index is 2.53. The molecule has 1 aromatic heterocycles. The first-order valence-corrected chi connectivity index (χ1v) is 5.76. The summed E-state index contributed by atoms with van der Waals surface area (Å²) < 4.78 is 0.748. The third-order valence-electron chi connectivity index (χ3n) is 2.24. The molecule has 3 heteroatoms. The first kappa shape index (κ1) is 11.0. The fourth-order valence-corrected chi connectivity index (χ4v) is 2.23. The quantitative estimate of drug-likeness (QED) is 0.814. The first-order valence-electron chi connectivity index (χ1n) is 4.56. The highest BCUT2D eigenvalue weighted by Gasteiger charge is 2.12. The van der Waals surface area contributed by atoms with Crippen molar-refractivity contribution in [3.05, 3.63) is 21.3 Å². The zero-order valence-corrected chi connectivity index (χ0v) is 9.53. The molecular formula is C10H15ClOS. The molecule has 1 aromatic rings. The zero-order chi connectivity index (χ0) is 9.84. The van der Waals surface area contributed by atoms with Crippen molar-refractivity contribution in [3.8, 4) is 0 Å². The van der Waals surface area contributed by atoms with Crippen molar-refractivity contribution in [1.29, 1.82) is 0 Å². The van der Waals surface area contributed by atoms with E-state index in [0.29, 0.717) is 5.92 Å². The molecule has 13 heavy (non-hydrogen) atoms. The highest BCUT2D eigenvalue weighted by molar-refractivity contribution is 7.16. The van der Waals surface area contributed by atoms with Crippen molar-refractivity contribution in [2.24, 2.45) is 5.92 Å². The van der Waals surface area contributed by atoms with E-state index in [4.69, 9.17) is 11.6 Å². The molecule has 0 aliphatic carbocycles. The lowest BCUT2D eigenvalue weighted by Gasteiger charge is -2.12. The smallest absolute Gasteiger partial charge is 0.0932 e. The van der Waals surface area contributed by atoms with Gasteiger partial charge in [-0.2, -0.15) is 0 Å². The summed E-state index contributed by atoms with van der Waals surface area (Å²) in [5, 5.41) is 9.79. The molecule has 74 valence electrons. The van der Waals surface area contributed by atoms with E-state index in [1.807, 2.05) is 12.1 Å². The van der Waals surface area contributed by atoms with Gasteiger partial charge >= 0.3 is 0 Å². The first-order chi connectivity index (χ1) is 6.13. The largest absolute Gasteiger partial charge is 0.388 e. The van der Waals surface area contributed by atoms with Gasteiger partial charge in [0.2, 0.25) is 0 Å². The summed E-state index contributed by atoms with van der Waals surface area (Å²) in [7, 11) is 0. The van der Waals surface area contributed by atoms with Gasteiger partial charge in [0, 0.05) is 4.88 Å². The van der Waals surface area contributed by atoms with Crippen molar-refractivity contribution >= 4 is 22.9 Å². The van der Waals surface area contributed by atoms with Crippen LogP contribution in [0.5, 0.6) is 0 Å². The fraction of sp³-hybridized carbons (Fsp3) is 0.600. The Morgan fingerprint density at radius 1 is 1.54 bits per heavy atom. The number of rotatable bonds is 4. The second kappa shape index (κ2) is 4.99. The summed E-state index contributed by atoms with van der Waals surface area (Å²) in [6.07, 6.45) is 1.59. The number of aliphatic hydroxyl groups is 1. The third-order valence-corrected chi connectivity index (χ3v) is 3.58. The lowest BCUT2D eigenvalue weighted by atomic mass is 10.0. The minimum atomic E-state index is -0.340. The molecule has 2 unspecified atom stereocenters. The van der Waals surface area contributed by atoms with Gasteiger partial charge in [0.15, 0.2) is 0 Å². The molecule has 0 fully saturated rings. The maximum Gasteiger partial charge on any atom is 0.0932 e. The second-order valence-corrected chi connectivity index (χ2v) is 5.15. The fourth-order valence-electron chi connectivity index (χ4n) is 1.17. The summed E-state index contributed by atoms with van der Waals surface area (Å²) in [5.41, 5.74) is 0. The lowest BCUT2D eigenvalue weighted by Crippen LogP contribution is -2.01. The normalized spacial score (nSPS) is 15.7. The van der Waals surface area contributed by atoms with Crippen LogP contribution < -0.4 is 0 Å². The van der Waals surface area contributed by atoms with Gasteiger partial charge < -0.3 is 5.11 Å². The molecule has 2 atom stereocenters. The van der Waals surface area contributed by atoms with Crippen molar-refractivity contribution in [2.75, 3.05) is 0 Å². The molecule has 0 spiro atoms. The van der Waals surface area contributed by atoms with Crippen LogP contribution in [-0.2, 0) is 0 Å². The van der Waals surface area contributed by atoms with Crippen LogP contribution in [0.3, 0.4) is 0 Å². The maximum atomic E-state index is 9.79. The van der Waals surface area contributed by atoms with E-state index in [1.54, 1.807) is 0 Å². The van der Waals surface area contributed by atoms with Crippen molar-refractivity contribution < 1.29 is 5.11 Å². The van der Waals surface area contributed by atoms with E-state index in [9.17, 15) is 5.11 Å². The van der Waals surface area contributed by atoms with Crippen molar-refractivity contribution in [3.63, 3.8) is 0 Å². The Morgan fingerprint density at radius 3 is 2.69 bits per heavy atom. The van der Waals surface area contributed by atoms with E-state index in [0.717, 1.165) is 22.1 Å². The van der Waals surface area contributed by atoms with Crippen LogP contribution >= 0.6 is 22.9 Å². The molecule has 0 saturated carbocycles. The Bertz CT molecular complexity index is 259. The molecular weight excluding hydrogens is 204 g/mol. The zero-order valence-electron chi connectivity index (χ0n) is 7.96. The highest BCUT2D eigenvalue weighted by Crippen LogP contribution is 2.30. The van der Waals surface area contributed by atoms with Gasteiger partial charge in [-0.1, -0.05) is 31.9 Å². The minimum Gasteiger partial charge on any atom is -0.388 e. The summed E-state index contributed by atoms with van der Waals surface area (Å²) in [6, 6.07) is 3.74. The number of halogens is 1. The van der Waals surface area contributed by atoms with Crippen LogP contribution in [-0.4, -0.2) is 5.11 Å². The number of thiophene rings is 1. The predicted molar refractivity (Wildman–Crippen MR) is 58.4 cm³/mol. The average molecular weight is 219 g/mol. The van der Waals surface area contributed by atoms with Crippen LogP contribution in [0.15, 0.2) is 12.1 Å². The summed E-state index contributed by atoms with van der Waals surface area (Å²) in [5.74, 6) is 0.566. The number of hydrogen-bond acceptors (Lipinski definition) is 2. The van der Waals surface area contributed by atoms with Crippen LogP contribution in [0.2, 0.25) is 4.34 Å². The Labute approximate surface area is 88.4 Å². The number of hydrogen-bond donors (Lipinski definition) is 1. The van der Waals surface area contributed by atoms with Gasteiger partial charge in [-0.3, -0.25) is 0 Å². The molecule has 1 N–H and O–H groups in total. The van der Waals surface area contributed by atoms with Gasteiger partial charge in [-0.05, 0) is 24.5 Å². The minimum absolute atomic E-state index is 0.340. The van der Waals surface area contributed by atoms with Crippen LogP contribution in [0.25, 0.3) is 0 Å². The summed E-state index contributed by atoms with van der Waals surface area (Å²) in [4.78, 5) is 0.977. The SMILES string of the molecule is CCC(C)CC(O)c1ccc(Cl)s1. The Kier molecular flexibility index (Phi) is 4.23. The van der Waals surface area contributed by atoms with E-state index in [1.165, 1.54) is 11.3 Å². The van der Waals surface area contributed by atoms with E-state index in [-0.39, 0.29) is 6.10 Å². The van der Waals surface area contributed by atoms with Gasteiger partial charge in [0.1, 0.15) is 0 Å². The molecule has 0 saturated heterocycles. The van der Waals surface area contributed by atoms with Gasteiger partial charge in [0.05, 0.1) is 10.4 Å². The average Bonchev–Trinajstić information content (AvgIpc) is 2.51. The lowest BCUT2D eigenvalue weighted by molar-refractivity contribution is 0.150.